The number of benzene rings is 1. The molecule has 1 aromatic carbocycles. The first kappa shape index (κ1) is 16.4. The summed E-state index contributed by atoms with van der Waals surface area (Å²) in [7, 11) is 0. The molecular weight excluding hydrogens is 340 g/mol. The van der Waals surface area contributed by atoms with Crippen molar-refractivity contribution in [3.05, 3.63) is 51.4 Å². The highest BCUT2D eigenvalue weighted by Gasteiger charge is 2.26. The SMILES string of the molecule is O=c1[nH]ncc(N2CCN(C[C@@H]3CCOc4ccccc43)CC2)c1Cl. The van der Waals surface area contributed by atoms with Crippen LogP contribution in [0, 0.1) is 0 Å². The summed E-state index contributed by atoms with van der Waals surface area (Å²) in [6.07, 6.45) is 2.69. The van der Waals surface area contributed by atoms with Gasteiger partial charge in [-0.2, -0.15) is 5.10 Å². The monoisotopic (exact) mass is 360 g/mol. The number of aromatic amines is 1. The van der Waals surface area contributed by atoms with Gasteiger partial charge in [-0.05, 0) is 18.1 Å². The molecule has 3 heterocycles. The summed E-state index contributed by atoms with van der Waals surface area (Å²) in [6, 6.07) is 8.35. The fourth-order valence-corrected chi connectivity index (χ4v) is 3.89. The maximum Gasteiger partial charge on any atom is 0.285 e. The molecule has 1 fully saturated rings. The smallest absolute Gasteiger partial charge is 0.285 e. The fraction of sp³-hybridized carbons (Fsp3) is 0.444. The van der Waals surface area contributed by atoms with Crippen LogP contribution in [0.25, 0.3) is 0 Å². The van der Waals surface area contributed by atoms with Gasteiger partial charge >= 0.3 is 0 Å². The minimum absolute atomic E-state index is 0.224. The number of hydrogen-bond donors (Lipinski definition) is 1. The number of nitrogens with zero attached hydrogens (tertiary/aromatic N) is 3. The van der Waals surface area contributed by atoms with E-state index in [0.29, 0.717) is 5.92 Å². The molecule has 0 spiro atoms. The summed E-state index contributed by atoms with van der Waals surface area (Å²) in [4.78, 5) is 16.2. The topological polar surface area (TPSA) is 61.5 Å². The molecule has 25 heavy (non-hydrogen) atoms. The molecule has 7 heteroatoms. The highest BCUT2D eigenvalue weighted by Crippen LogP contribution is 2.34. The van der Waals surface area contributed by atoms with Crippen molar-refractivity contribution in [2.45, 2.75) is 12.3 Å². The number of H-pyrrole nitrogens is 1. The van der Waals surface area contributed by atoms with Gasteiger partial charge in [0.05, 0.1) is 18.5 Å². The number of halogens is 1. The van der Waals surface area contributed by atoms with E-state index in [9.17, 15) is 4.79 Å². The fourth-order valence-electron chi connectivity index (χ4n) is 3.68. The second-order valence-corrected chi connectivity index (χ2v) is 6.94. The quantitative estimate of drug-likeness (QED) is 0.908. The number of anilines is 1. The molecule has 2 aliphatic rings. The largest absolute Gasteiger partial charge is 0.493 e. The number of piperazine rings is 1. The Hall–Kier alpha value is -2.05. The number of nitrogens with one attached hydrogen (secondary N) is 1. The lowest BCUT2D eigenvalue weighted by molar-refractivity contribution is 0.204. The van der Waals surface area contributed by atoms with Crippen molar-refractivity contribution in [3.63, 3.8) is 0 Å². The Morgan fingerprint density at radius 3 is 2.88 bits per heavy atom. The number of hydrogen-bond acceptors (Lipinski definition) is 5. The number of rotatable bonds is 3. The molecule has 132 valence electrons. The average molecular weight is 361 g/mol. The first-order valence-corrected chi connectivity index (χ1v) is 9.02. The van der Waals surface area contributed by atoms with Gasteiger partial charge in [-0.1, -0.05) is 29.8 Å². The van der Waals surface area contributed by atoms with E-state index in [2.05, 4.69) is 38.2 Å². The first-order valence-electron chi connectivity index (χ1n) is 8.64. The third-order valence-electron chi connectivity index (χ3n) is 5.05. The van der Waals surface area contributed by atoms with Gasteiger partial charge < -0.3 is 9.64 Å². The summed E-state index contributed by atoms with van der Waals surface area (Å²) in [5, 5.41) is 6.46. The van der Waals surface area contributed by atoms with Gasteiger partial charge in [0, 0.05) is 38.6 Å². The minimum atomic E-state index is -0.333. The lowest BCUT2D eigenvalue weighted by Crippen LogP contribution is -2.48. The van der Waals surface area contributed by atoms with Crippen molar-refractivity contribution in [1.82, 2.24) is 15.1 Å². The van der Waals surface area contributed by atoms with Crippen LogP contribution in [-0.4, -0.2) is 54.4 Å². The molecule has 1 atom stereocenters. The molecule has 0 amide bonds. The second kappa shape index (κ2) is 7.06. The predicted molar refractivity (Wildman–Crippen MR) is 97.8 cm³/mol. The summed E-state index contributed by atoms with van der Waals surface area (Å²) >= 11 is 6.12. The minimum Gasteiger partial charge on any atom is -0.493 e. The molecule has 4 rings (SSSR count). The van der Waals surface area contributed by atoms with E-state index in [4.69, 9.17) is 16.3 Å². The summed E-state index contributed by atoms with van der Waals surface area (Å²) in [5.74, 6) is 1.54. The van der Waals surface area contributed by atoms with Gasteiger partial charge in [-0.3, -0.25) is 9.69 Å². The Labute approximate surface area is 151 Å². The molecular formula is C18H21ClN4O2. The van der Waals surface area contributed by atoms with Crippen LogP contribution in [-0.2, 0) is 0 Å². The Balaban J connectivity index is 1.40. The average Bonchev–Trinajstić information content (AvgIpc) is 2.65. The van der Waals surface area contributed by atoms with Gasteiger partial charge in [-0.25, -0.2) is 5.10 Å². The summed E-state index contributed by atoms with van der Waals surface area (Å²) < 4.78 is 5.76. The van der Waals surface area contributed by atoms with Gasteiger partial charge in [0.1, 0.15) is 10.8 Å². The maximum absolute atomic E-state index is 11.6. The van der Waals surface area contributed by atoms with E-state index in [0.717, 1.165) is 57.2 Å². The van der Waals surface area contributed by atoms with Crippen molar-refractivity contribution in [1.29, 1.82) is 0 Å². The Morgan fingerprint density at radius 2 is 2.04 bits per heavy atom. The standard InChI is InChI=1S/C18H21ClN4O2/c19-17-15(11-20-21-18(17)24)23-8-6-22(7-9-23)12-13-5-10-25-16-4-2-1-3-14(13)16/h1-4,11,13H,5-10,12H2,(H,21,24)/t13-/m0/s1. The van der Waals surface area contributed by atoms with E-state index >= 15 is 0 Å². The Morgan fingerprint density at radius 1 is 1.24 bits per heavy atom. The molecule has 0 bridgehead atoms. The molecule has 0 unspecified atom stereocenters. The van der Waals surface area contributed by atoms with E-state index < -0.39 is 0 Å². The molecule has 0 aliphatic carbocycles. The first-order chi connectivity index (χ1) is 12.2. The maximum atomic E-state index is 11.6. The normalized spacial score (nSPS) is 20.8. The molecule has 1 N–H and O–H groups in total. The van der Waals surface area contributed by atoms with Crippen LogP contribution < -0.4 is 15.2 Å². The number of fused-ring (bicyclic) bond motifs is 1. The van der Waals surface area contributed by atoms with Crippen LogP contribution >= 0.6 is 11.6 Å². The van der Waals surface area contributed by atoms with Crippen LogP contribution in [0.1, 0.15) is 17.9 Å². The van der Waals surface area contributed by atoms with Gasteiger partial charge in [0.2, 0.25) is 0 Å². The number of aromatic nitrogens is 2. The second-order valence-electron chi connectivity index (χ2n) is 6.56. The molecule has 2 aromatic rings. The third kappa shape index (κ3) is 3.37. The molecule has 2 aliphatic heterocycles. The van der Waals surface area contributed by atoms with Crippen molar-refractivity contribution in [2.75, 3.05) is 44.2 Å². The lowest BCUT2D eigenvalue weighted by atomic mass is 9.92. The lowest BCUT2D eigenvalue weighted by Gasteiger charge is -2.38. The van der Waals surface area contributed by atoms with E-state index in [1.807, 2.05) is 6.07 Å². The van der Waals surface area contributed by atoms with Gasteiger partial charge in [-0.15, -0.1) is 0 Å². The van der Waals surface area contributed by atoms with Gasteiger partial charge in [0.25, 0.3) is 5.56 Å². The van der Waals surface area contributed by atoms with Crippen molar-refractivity contribution >= 4 is 17.3 Å². The van der Waals surface area contributed by atoms with Crippen molar-refractivity contribution in [3.8, 4) is 5.75 Å². The molecule has 0 radical (unpaired) electrons. The van der Waals surface area contributed by atoms with Crippen LogP contribution in [0.3, 0.4) is 0 Å². The summed E-state index contributed by atoms with van der Waals surface area (Å²) in [6.45, 7) is 5.40. The van der Waals surface area contributed by atoms with E-state index in [1.165, 1.54) is 5.56 Å². The zero-order chi connectivity index (χ0) is 17.2. The van der Waals surface area contributed by atoms with Crippen LogP contribution in [0.4, 0.5) is 5.69 Å². The predicted octanol–water partition coefficient (Wildman–Crippen LogP) is 2.11. The molecule has 1 saturated heterocycles. The molecule has 0 saturated carbocycles. The van der Waals surface area contributed by atoms with Crippen LogP contribution in [0.5, 0.6) is 5.75 Å². The van der Waals surface area contributed by atoms with E-state index in [-0.39, 0.29) is 10.6 Å². The van der Waals surface area contributed by atoms with Crippen LogP contribution in [0.15, 0.2) is 35.3 Å². The van der Waals surface area contributed by atoms with E-state index in [1.54, 1.807) is 6.20 Å². The molecule has 6 nitrogen and oxygen atoms in total. The zero-order valence-electron chi connectivity index (χ0n) is 13.9. The highest BCUT2D eigenvalue weighted by molar-refractivity contribution is 6.32. The number of ether oxygens (including phenoxy) is 1. The Kier molecular flexibility index (Phi) is 4.63. The van der Waals surface area contributed by atoms with Crippen LogP contribution in [0.2, 0.25) is 5.02 Å². The zero-order valence-corrected chi connectivity index (χ0v) is 14.7. The Bertz CT molecular complexity index is 802. The highest BCUT2D eigenvalue weighted by atomic mass is 35.5. The van der Waals surface area contributed by atoms with Crippen molar-refractivity contribution < 1.29 is 4.74 Å². The summed E-state index contributed by atoms with van der Waals surface area (Å²) in [5.41, 5.74) is 1.71. The van der Waals surface area contributed by atoms with Gasteiger partial charge in [0.15, 0.2) is 0 Å². The third-order valence-corrected chi connectivity index (χ3v) is 5.42. The molecule has 1 aromatic heterocycles. The number of para-hydroxylation sites is 1. The van der Waals surface area contributed by atoms with Crippen molar-refractivity contribution in [2.24, 2.45) is 0 Å².